The molecule has 2 aliphatic rings. The summed E-state index contributed by atoms with van der Waals surface area (Å²) in [7, 11) is 0. The van der Waals surface area contributed by atoms with Crippen LogP contribution in [0, 0.1) is 10.1 Å². The lowest BCUT2D eigenvalue weighted by molar-refractivity contribution is -0.384. The number of rotatable bonds is 5. The van der Waals surface area contributed by atoms with E-state index in [1.165, 1.54) is 17.0 Å². The van der Waals surface area contributed by atoms with Gasteiger partial charge in [0.25, 0.3) is 5.69 Å². The fourth-order valence-electron chi connectivity index (χ4n) is 4.29. The molecule has 1 atom stereocenters. The van der Waals surface area contributed by atoms with Gasteiger partial charge in [-0.1, -0.05) is 18.2 Å². The lowest BCUT2D eigenvalue weighted by Crippen LogP contribution is -2.40. The highest BCUT2D eigenvalue weighted by Gasteiger charge is 2.39. The number of hydrogen-bond acceptors (Lipinski definition) is 5. The van der Waals surface area contributed by atoms with Gasteiger partial charge in [0.2, 0.25) is 5.91 Å². The minimum Gasteiger partial charge on any atom is -0.494 e. The Morgan fingerprint density at radius 2 is 1.90 bits per heavy atom. The number of allylic oxidation sites excluding steroid dienone is 2. The lowest BCUT2D eigenvalue weighted by atomic mass is 9.77. The van der Waals surface area contributed by atoms with Crippen LogP contribution >= 0.6 is 0 Å². The predicted octanol–water partition coefficient (Wildman–Crippen LogP) is 4.52. The maximum atomic E-state index is 13.2. The third kappa shape index (κ3) is 3.58. The third-order valence-corrected chi connectivity index (χ3v) is 5.57. The lowest BCUT2D eigenvalue weighted by Gasteiger charge is -2.38. The van der Waals surface area contributed by atoms with Crippen molar-refractivity contribution in [3.05, 3.63) is 75.5 Å². The van der Waals surface area contributed by atoms with Crippen LogP contribution < -0.4 is 9.64 Å². The molecule has 154 valence electrons. The number of ether oxygens (including phenoxy) is 1. The van der Waals surface area contributed by atoms with Crippen LogP contribution in [0.5, 0.6) is 5.75 Å². The molecule has 0 saturated heterocycles. The van der Waals surface area contributed by atoms with E-state index in [2.05, 4.69) is 0 Å². The number of ketones is 1. The quantitative estimate of drug-likeness (QED) is 0.538. The van der Waals surface area contributed by atoms with Crippen LogP contribution in [-0.4, -0.2) is 23.2 Å². The SMILES string of the molecule is CCOc1ccc(C2CC(=O)N(c3cccc([N+](=O)[O-])c3)C3=C2C(=O)CCC3)cc1. The Bertz CT molecular complexity index is 1040. The van der Waals surface area contributed by atoms with Crippen molar-refractivity contribution in [2.24, 2.45) is 0 Å². The number of carbonyl (C=O) groups excluding carboxylic acids is 2. The number of Topliss-reactive ketones (excluding diaryl/α,β-unsaturated/α-hetero) is 1. The average molecular weight is 406 g/mol. The second kappa shape index (κ2) is 8.10. The molecule has 30 heavy (non-hydrogen) atoms. The van der Waals surface area contributed by atoms with Gasteiger partial charge in [-0.25, -0.2) is 0 Å². The summed E-state index contributed by atoms with van der Waals surface area (Å²) in [6.07, 6.45) is 1.83. The largest absolute Gasteiger partial charge is 0.494 e. The number of non-ortho nitro benzene ring substituents is 1. The summed E-state index contributed by atoms with van der Waals surface area (Å²) in [5, 5.41) is 11.2. The van der Waals surface area contributed by atoms with Gasteiger partial charge in [0.1, 0.15) is 5.75 Å². The molecule has 7 nitrogen and oxygen atoms in total. The molecular formula is C23H22N2O5. The number of carbonyl (C=O) groups is 2. The second-order valence-electron chi connectivity index (χ2n) is 7.40. The normalized spacial score (nSPS) is 19.0. The van der Waals surface area contributed by atoms with Crippen LogP contribution in [0.15, 0.2) is 59.8 Å². The van der Waals surface area contributed by atoms with Crippen molar-refractivity contribution in [2.45, 2.75) is 38.5 Å². The number of hydrogen-bond donors (Lipinski definition) is 0. The molecule has 0 fully saturated rings. The van der Waals surface area contributed by atoms with E-state index in [4.69, 9.17) is 4.74 Å². The van der Waals surface area contributed by atoms with Crippen molar-refractivity contribution < 1.29 is 19.2 Å². The molecule has 0 N–H and O–H groups in total. The monoisotopic (exact) mass is 406 g/mol. The minimum absolute atomic E-state index is 0.0399. The molecule has 1 aliphatic heterocycles. The topological polar surface area (TPSA) is 89.8 Å². The van der Waals surface area contributed by atoms with Crippen molar-refractivity contribution in [1.82, 2.24) is 0 Å². The molecule has 0 bridgehead atoms. The highest BCUT2D eigenvalue weighted by Crippen LogP contribution is 2.43. The smallest absolute Gasteiger partial charge is 0.271 e. The van der Waals surface area contributed by atoms with Gasteiger partial charge in [-0.3, -0.25) is 24.6 Å². The Morgan fingerprint density at radius 3 is 2.60 bits per heavy atom. The van der Waals surface area contributed by atoms with Crippen molar-refractivity contribution in [2.75, 3.05) is 11.5 Å². The van der Waals surface area contributed by atoms with Crippen LogP contribution in [0.3, 0.4) is 0 Å². The van der Waals surface area contributed by atoms with E-state index in [1.54, 1.807) is 12.1 Å². The Hall–Kier alpha value is -3.48. The van der Waals surface area contributed by atoms with Gasteiger partial charge in [0.15, 0.2) is 5.78 Å². The molecule has 7 heteroatoms. The van der Waals surface area contributed by atoms with E-state index in [9.17, 15) is 19.7 Å². The molecule has 0 spiro atoms. The number of amides is 1. The number of nitro benzene ring substituents is 1. The fraction of sp³-hybridized carbons (Fsp3) is 0.304. The highest BCUT2D eigenvalue weighted by atomic mass is 16.6. The number of anilines is 1. The third-order valence-electron chi connectivity index (χ3n) is 5.57. The average Bonchev–Trinajstić information content (AvgIpc) is 2.74. The molecule has 4 rings (SSSR count). The van der Waals surface area contributed by atoms with Gasteiger partial charge in [0, 0.05) is 42.2 Å². The van der Waals surface area contributed by atoms with Crippen LogP contribution in [0.25, 0.3) is 0 Å². The summed E-state index contributed by atoms with van der Waals surface area (Å²) in [5.74, 6) is 0.303. The van der Waals surface area contributed by atoms with Gasteiger partial charge in [-0.15, -0.1) is 0 Å². The summed E-state index contributed by atoms with van der Waals surface area (Å²) in [5.41, 5.74) is 2.56. The van der Waals surface area contributed by atoms with Crippen molar-refractivity contribution in [1.29, 1.82) is 0 Å². The molecule has 0 saturated carbocycles. The van der Waals surface area contributed by atoms with Crippen LogP contribution in [0.2, 0.25) is 0 Å². The number of benzene rings is 2. The maximum Gasteiger partial charge on any atom is 0.271 e. The zero-order valence-corrected chi connectivity index (χ0v) is 16.7. The standard InChI is InChI=1S/C23H22N2O5/c1-2-30-18-11-9-15(10-12-18)19-14-22(27)24(20-7-4-8-21(26)23(19)20)16-5-3-6-17(13-16)25(28)29/h3,5-6,9-13,19H,2,4,7-8,14H2,1H3. The van der Waals surface area contributed by atoms with Gasteiger partial charge in [0.05, 0.1) is 17.2 Å². The first-order valence-electron chi connectivity index (χ1n) is 10.1. The molecule has 0 aromatic heterocycles. The molecule has 2 aromatic rings. The Morgan fingerprint density at radius 1 is 1.13 bits per heavy atom. The van der Waals surface area contributed by atoms with Crippen LogP contribution in [0.1, 0.15) is 44.1 Å². The molecule has 2 aromatic carbocycles. The fourth-order valence-corrected chi connectivity index (χ4v) is 4.29. The zero-order valence-electron chi connectivity index (χ0n) is 16.7. The predicted molar refractivity (Wildman–Crippen MR) is 111 cm³/mol. The molecule has 1 amide bonds. The van der Waals surface area contributed by atoms with Crippen LogP contribution in [0.4, 0.5) is 11.4 Å². The van der Waals surface area contributed by atoms with Gasteiger partial charge in [-0.2, -0.15) is 0 Å². The highest BCUT2D eigenvalue weighted by molar-refractivity contribution is 6.07. The summed E-state index contributed by atoms with van der Waals surface area (Å²) in [6, 6.07) is 13.5. The summed E-state index contributed by atoms with van der Waals surface area (Å²) >= 11 is 0. The van der Waals surface area contributed by atoms with E-state index in [-0.39, 0.29) is 29.7 Å². The summed E-state index contributed by atoms with van der Waals surface area (Å²) < 4.78 is 5.49. The number of nitro groups is 1. The molecule has 1 aliphatic carbocycles. The molecule has 0 radical (unpaired) electrons. The van der Waals surface area contributed by atoms with Crippen molar-refractivity contribution >= 4 is 23.1 Å². The van der Waals surface area contributed by atoms with Crippen molar-refractivity contribution in [3.8, 4) is 5.75 Å². The summed E-state index contributed by atoms with van der Waals surface area (Å²) in [6.45, 7) is 2.47. The first-order chi connectivity index (χ1) is 14.5. The van der Waals surface area contributed by atoms with Crippen LogP contribution in [-0.2, 0) is 9.59 Å². The first kappa shape index (κ1) is 19.8. The Balaban J connectivity index is 1.79. The van der Waals surface area contributed by atoms with Gasteiger partial charge < -0.3 is 4.74 Å². The maximum absolute atomic E-state index is 13.2. The molecule has 1 heterocycles. The van der Waals surface area contributed by atoms with E-state index < -0.39 is 4.92 Å². The van der Waals surface area contributed by atoms with E-state index in [0.29, 0.717) is 42.8 Å². The summed E-state index contributed by atoms with van der Waals surface area (Å²) in [4.78, 5) is 38.3. The Labute approximate surface area is 174 Å². The van der Waals surface area contributed by atoms with E-state index in [0.717, 1.165) is 11.3 Å². The van der Waals surface area contributed by atoms with E-state index >= 15 is 0 Å². The second-order valence-corrected chi connectivity index (χ2v) is 7.40. The van der Waals surface area contributed by atoms with Crippen molar-refractivity contribution in [3.63, 3.8) is 0 Å². The molecule has 1 unspecified atom stereocenters. The Kier molecular flexibility index (Phi) is 5.35. The zero-order chi connectivity index (χ0) is 21.3. The molecular weight excluding hydrogens is 384 g/mol. The number of nitrogens with zero attached hydrogens (tertiary/aromatic N) is 2. The minimum atomic E-state index is -0.484. The van der Waals surface area contributed by atoms with Gasteiger partial charge >= 0.3 is 0 Å². The van der Waals surface area contributed by atoms with Gasteiger partial charge in [-0.05, 0) is 43.5 Å². The van der Waals surface area contributed by atoms with E-state index in [1.807, 2.05) is 31.2 Å². The first-order valence-corrected chi connectivity index (χ1v) is 10.1.